The number of ether oxygens (including phenoxy) is 2. The largest absolute Gasteiger partial charge is 0.467 e. The first-order chi connectivity index (χ1) is 14.1. The van der Waals surface area contributed by atoms with Crippen LogP contribution in [0.2, 0.25) is 0 Å². The second-order valence-electron chi connectivity index (χ2n) is 7.79. The predicted octanol–water partition coefficient (Wildman–Crippen LogP) is 3.03. The third-order valence-corrected chi connectivity index (χ3v) is 5.88. The lowest BCUT2D eigenvalue weighted by Gasteiger charge is -2.34. The molecule has 1 aromatic rings. The van der Waals surface area contributed by atoms with E-state index in [0.29, 0.717) is 13.0 Å². The molecule has 29 heavy (non-hydrogen) atoms. The van der Waals surface area contributed by atoms with E-state index in [1.165, 1.54) is 7.11 Å². The van der Waals surface area contributed by atoms with Crippen molar-refractivity contribution in [2.45, 2.75) is 63.6 Å². The van der Waals surface area contributed by atoms with Crippen LogP contribution in [0.1, 0.15) is 50.5 Å². The van der Waals surface area contributed by atoms with Gasteiger partial charge in [-0.15, -0.1) is 0 Å². The smallest absolute Gasteiger partial charge is 0.408 e. The predicted molar refractivity (Wildman–Crippen MR) is 107 cm³/mol. The van der Waals surface area contributed by atoms with Gasteiger partial charge < -0.3 is 19.7 Å². The fourth-order valence-electron chi connectivity index (χ4n) is 4.33. The molecule has 0 aromatic heterocycles. The highest BCUT2D eigenvalue weighted by molar-refractivity contribution is 5.90. The number of esters is 1. The second-order valence-corrected chi connectivity index (χ2v) is 7.79. The van der Waals surface area contributed by atoms with Crippen molar-refractivity contribution in [2.24, 2.45) is 5.92 Å². The monoisotopic (exact) mass is 402 g/mol. The maximum absolute atomic E-state index is 13.3. The number of carbonyl (C=O) groups excluding carboxylic acids is 3. The third-order valence-electron chi connectivity index (χ3n) is 5.88. The van der Waals surface area contributed by atoms with Gasteiger partial charge in [0.25, 0.3) is 0 Å². The second kappa shape index (κ2) is 10.3. The lowest BCUT2D eigenvalue weighted by atomic mass is 9.83. The maximum Gasteiger partial charge on any atom is 0.408 e. The van der Waals surface area contributed by atoms with Gasteiger partial charge in [-0.1, -0.05) is 49.6 Å². The Labute approximate surface area is 171 Å². The van der Waals surface area contributed by atoms with Crippen LogP contribution in [0.5, 0.6) is 0 Å². The molecule has 7 heteroatoms. The van der Waals surface area contributed by atoms with Crippen molar-refractivity contribution in [3.63, 3.8) is 0 Å². The average Bonchev–Trinajstić information content (AvgIpc) is 3.26. The number of methoxy groups -OCH3 is 1. The number of alkyl carbamates (subject to hydrolysis) is 1. The zero-order chi connectivity index (χ0) is 20.6. The quantitative estimate of drug-likeness (QED) is 0.740. The number of carbonyl (C=O) groups is 3. The molecule has 2 atom stereocenters. The van der Waals surface area contributed by atoms with E-state index >= 15 is 0 Å². The molecule has 2 fully saturated rings. The van der Waals surface area contributed by atoms with Gasteiger partial charge in [0, 0.05) is 6.54 Å². The summed E-state index contributed by atoms with van der Waals surface area (Å²) in [6, 6.07) is 8.17. The van der Waals surface area contributed by atoms with Crippen molar-refractivity contribution in [2.75, 3.05) is 13.7 Å². The van der Waals surface area contributed by atoms with Crippen LogP contribution < -0.4 is 5.32 Å². The Morgan fingerprint density at radius 1 is 1.07 bits per heavy atom. The van der Waals surface area contributed by atoms with E-state index in [4.69, 9.17) is 9.47 Å². The number of nitrogens with one attached hydrogen (secondary N) is 1. The Balaban J connectivity index is 1.67. The number of benzene rings is 1. The highest BCUT2D eigenvalue weighted by Gasteiger charge is 2.41. The van der Waals surface area contributed by atoms with Crippen LogP contribution in [0.25, 0.3) is 0 Å². The van der Waals surface area contributed by atoms with E-state index in [0.717, 1.165) is 44.1 Å². The summed E-state index contributed by atoms with van der Waals surface area (Å²) in [7, 11) is 1.33. The van der Waals surface area contributed by atoms with Crippen LogP contribution in [-0.2, 0) is 25.7 Å². The van der Waals surface area contributed by atoms with Crippen LogP contribution in [0, 0.1) is 5.92 Å². The first-order valence-corrected chi connectivity index (χ1v) is 10.5. The average molecular weight is 402 g/mol. The molecule has 0 spiro atoms. The Kier molecular flexibility index (Phi) is 7.49. The summed E-state index contributed by atoms with van der Waals surface area (Å²) in [6.45, 7) is 0.648. The van der Waals surface area contributed by atoms with Gasteiger partial charge in [-0.25, -0.2) is 9.59 Å². The molecule has 1 heterocycles. The molecule has 3 rings (SSSR count). The van der Waals surface area contributed by atoms with Gasteiger partial charge in [-0.2, -0.15) is 0 Å². The van der Waals surface area contributed by atoms with E-state index in [9.17, 15) is 14.4 Å². The van der Waals surface area contributed by atoms with Crippen molar-refractivity contribution in [3.8, 4) is 0 Å². The third kappa shape index (κ3) is 5.49. The van der Waals surface area contributed by atoms with Crippen LogP contribution in [0.15, 0.2) is 30.3 Å². The first kappa shape index (κ1) is 21.1. The molecule has 1 N–H and O–H groups in total. The lowest BCUT2D eigenvalue weighted by Crippen LogP contribution is -2.55. The standard InChI is InChI=1S/C22H30N2O5/c1-28-21(26)18-13-8-14-24(18)20(25)19(17-11-6-3-7-12-17)23-22(27)29-15-16-9-4-2-5-10-16/h2,4-5,9-10,17-19H,3,6-8,11-15H2,1H3,(H,23,27)/t18-,19?/m0/s1. The summed E-state index contributed by atoms with van der Waals surface area (Å²) < 4.78 is 10.2. The molecule has 0 bridgehead atoms. The molecule has 1 saturated heterocycles. The summed E-state index contributed by atoms with van der Waals surface area (Å²) in [4.78, 5) is 39.5. The Morgan fingerprint density at radius 2 is 1.79 bits per heavy atom. The molecule has 0 radical (unpaired) electrons. The van der Waals surface area contributed by atoms with Crippen molar-refractivity contribution >= 4 is 18.0 Å². The molecule has 2 aliphatic rings. The highest BCUT2D eigenvalue weighted by atomic mass is 16.5. The van der Waals surface area contributed by atoms with Gasteiger partial charge in [-0.3, -0.25) is 4.79 Å². The number of likely N-dealkylation sites (tertiary alicyclic amines) is 1. The van der Waals surface area contributed by atoms with Crippen molar-refractivity contribution in [3.05, 3.63) is 35.9 Å². The van der Waals surface area contributed by atoms with Gasteiger partial charge in [-0.05, 0) is 37.2 Å². The molecule has 1 aromatic carbocycles. The van der Waals surface area contributed by atoms with Crippen molar-refractivity contribution in [1.29, 1.82) is 0 Å². The number of hydrogen-bond acceptors (Lipinski definition) is 5. The van der Waals surface area contributed by atoms with E-state index in [-0.39, 0.29) is 18.4 Å². The van der Waals surface area contributed by atoms with Gasteiger partial charge >= 0.3 is 12.1 Å². The minimum absolute atomic E-state index is 0.0550. The number of rotatable bonds is 6. The van der Waals surface area contributed by atoms with Crippen LogP contribution >= 0.6 is 0 Å². The van der Waals surface area contributed by atoms with Gasteiger partial charge in [0.2, 0.25) is 5.91 Å². The van der Waals surface area contributed by atoms with Crippen molar-refractivity contribution in [1.82, 2.24) is 10.2 Å². The van der Waals surface area contributed by atoms with E-state index in [1.807, 2.05) is 30.3 Å². The molecule has 2 amide bonds. The zero-order valence-corrected chi connectivity index (χ0v) is 17.0. The number of nitrogens with zero attached hydrogens (tertiary/aromatic N) is 1. The molecular weight excluding hydrogens is 372 g/mol. The SMILES string of the molecule is COC(=O)[C@@H]1CCCN1C(=O)C(NC(=O)OCc1ccccc1)C1CCCCC1. The number of hydrogen-bond donors (Lipinski definition) is 1. The summed E-state index contributed by atoms with van der Waals surface area (Å²) in [5, 5.41) is 2.81. The molecule has 1 aliphatic carbocycles. The van der Waals surface area contributed by atoms with Crippen LogP contribution in [0.3, 0.4) is 0 Å². The molecule has 1 unspecified atom stereocenters. The summed E-state index contributed by atoms with van der Waals surface area (Å²) in [6.07, 6.45) is 5.72. The molecule has 1 aliphatic heterocycles. The highest BCUT2D eigenvalue weighted by Crippen LogP contribution is 2.29. The van der Waals surface area contributed by atoms with Crippen LogP contribution in [-0.4, -0.2) is 48.6 Å². The minimum Gasteiger partial charge on any atom is -0.467 e. The zero-order valence-electron chi connectivity index (χ0n) is 17.0. The topological polar surface area (TPSA) is 84.9 Å². The Morgan fingerprint density at radius 3 is 2.48 bits per heavy atom. The van der Waals surface area contributed by atoms with Gasteiger partial charge in [0.15, 0.2) is 0 Å². The van der Waals surface area contributed by atoms with E-state index in [2.05, 4.69) is 5.32 Å². The normalized spacial score (nSPS) is 20.7. The summed E-state index contributed by atoms with van der Waals surface area (Å²) in [5.41, 5.74) is 0.883. The van der Waals surface area contributed by atoms with E-state index < -0.39 is 24.1 Å². The molecule has 158 valence electrons. The van der Waals surface area contributed by atoms with Crippen LogP contribution in [0.4, 0.5) is 4.79 Å². The maximum atomic E-state index is 13.3. The summed E-state index contributed by atoms with van der Waals surface area (Å²) >= 11 is 0. The lowest BCUT2D eigenvalue weighted by molar-refractivity contribution is -0.152. The molecule has 1 saturated carbocycles. The van der Waals surface area contributed by atoms with E-state index in [1.54, 1.807) is 4.90 Å². The summed E-state index contributed by atoms with van der Waals surface area (Å²) in [5.74, 6) is -0.550. The first-order valence-electron chi connectivity index (χ1n) is 10.5. The van der Waals surface area contributed by atoms with Gasteiger partial charge in [0.05, 0.1) is 7.11 Å². The Hall–Kier alpha value is -2.57. The Bertz CT molecular complexity index is 702. The van der Waals surface area contributed by atoms with Gasteiger partial charge in [0.1, 0.15) is 18.7 Å². The minimum atomic E-state index is -0.677. The fraction of sp³-hybridized carbons (Fsp3) is 0.591. The molecule has 7 nitrogen and oxygen atoms in total. The van der Waals surface area contributed by atoms with Crippen molar-refractivity contribution < 1.29 is 23.9 Å². The number of amides is 2. The fourth-order valence-corrected chi connectivity index (χ4v) is 4.33. The molecular formula is C22H30N2O5.